The molecule has 7 nitrogen and oxygen atoms in total. The molecular weight excluding hydrogens is 310 g/mol. The van der Waals surface area contributed by atoms with E-state index in [1.165, 1.54) is 17.0 Å². The molecule has 120 valence electrons. The number of hydrogen-bond acceptors (Lipinski definition) is 5. The Balaban J connectivity index is 2.42. The number of aryl methyl sites for hydroxylation is 1. The van der Waals surface area contributed by atoms with Crippen LogP contribution in [-0.2, 0) is 19.4 Å². The fraction of sp³-hybridized carbons (Fsp3) is 0.429. The lowest BCUT2D eigenvalue weighted by atomic mass is 10.1. The van der Waals surface area contributed by atoms with Crippen LogP contribution in [0.1, 0.15) is 15.9 Å². The molecule has 2 rings (SSSR count). The fourth-order valence-electron chi connectivity index (χ4n) is 2.27. The van der Waals surface area contributed by atoms with Crippen molar-refractivity contribution in [3.8, 4) is 0 Å². The fourth-order valence-corrected chi connectivity index (χ4v) is 2.92. The maximum Gasteiger partial charge on any atom is 0.328 e. The molecule has 1 aromatic carbocycles. The van der Waals surface area contributed by atoms with Crippen molar-refractivity contribution >= 4 is 21.7 Å². The molecule has 0 bridgehead atoms. The highest BCUT2D eigenvalue weighted by Gasteiger charge is 2.34. The SMILES string of the molecule is Cc1ccc(S(C)(=O)=O)cc1C(=O)N1CCOC[C@H]1C(=O)O. The summed E-state index contributed by atoms with van der Waals surface area (Å²) in [5.41, 5.74) is 0.782. The van der Waals surface area contributed by atoms with E-state index in [4.69, 9.17) is 4.74 Å². The van der Waals surface area contributed by atoms with Crippen LogP contribution in [-0.4, -0.2) is 62.4 Å². The molecule has 0 saturated carbocycles. The maximum atomic E-state index is 12.6. The van der Waals surface area contributed by atoms with Gasteiger partial charge in [-0.25, -0.2) is 13.2 Å². The van der Waals surface area contributed by atoms with E-state index in [2.05, 4.69) is 0 Å². The second kappa shape index (κ2) is 6.05. The molecule has 0 aromatic heterocycles. The topological polar surface area (TPSA) is 101 Å². The molecule has 22 heavy (non-hydrogen) atoms. The Morgan fingerprint density at radius 1 is 1.36 bits per heavy atom. The Hall–Kier alpha value is -1.93. The Morgan fingerprint density at radius 3 is 2.64 bits per heavy atom. The number of carboxylic acid groups (broad SMARTS) is 1. The van der Waals surface area contributed by atoms with Gasteiger partial charge in [-0.3, -0.25) is 4.79 Å². The normalized spacial score (nSPS) is 19.0. The summed E-state index contributed by atoms with van der Waals surface area (Å²) in [6.07, 6.45) is 1.06. The first-order chi connectivity index (χ1) is 10.2. The van der Waals surface area contributed by atoms with Crippen molar-refractivity contribution in [3.63, 3.8) is 0 Å². The predicted molar refractivity (Wildman–Crippen MR) is 77.6 cm³/mol. The van der Waals surface area contributed by atoms with Crippen LogP contribution in [0, 0.1) is 6.92 Å². The standard InChI is InChI=1S/C14H17NO6S/c1-9-3-4-10(22(2,19)20)7-11(9)13(16)15-5-6-21-8-12(15)14(17)18/h3-4,7,12H,5-6,8H2,1-2H3,(H,17,18)/t12-/m0/s1. The monoisotopic (exact) mass is 327 g/mol. The molecule has 1 atom stereocenters. The molecular formula is C14H17NO6S. The van der Waals surface area contributed by atoms with Gasteiger partial charge in [-0.1, -0.05) is 6.07 Å². The first-order valence-electron chi connectivity index (χ1n) is 6.64. The number of hydrogen-bond donors (Lipinski definition) is 1. The summed E-state index contributed by atoms with van der Waals surface area (Å²) in [6, 6.07) is 3.19. The first kappa shape index (κ1) is 16.4. The van der Waals surface area contributed by atoms with Gasteiger partial charge in [0, 0.05) is 18.4 Å². The van der Waals surface area contributed by atoms with Gasteiger partial charge in [-0.15, -0.1) is 0 Å². The molecule has 1 aliphatic heterocycles. The molecule has 1 fully saturated rings. The van der Waals surface area contributed by atoms with Crippen molar-refractivity contribution in [1.82, 2.24) is 4.90 Å². The summed E-state index contributed by atoms with van der Waals surface area (Å²) in [5.74, 6) is -1.65. The molecule has 0 unspecified atom stereocenters. The van der Waals surface area contributed by atoms with Crippen molar-refractivity contribution in [1.29, 1.82) is 0 Å². The van der Waals surface area contributed by atoms with E-state index in [0.717, 1.165) is 6.26 Å². The van der Waals surface area contributed by atoms with Gasteiger partial charge >= 0.3 is 5.97 Å². The number of ether oxygens (including phenoxy) is 1. The zero-order valence-corrected chi connectivity index (χ0v) is 13.1. The molecule has 1 aliphatic rings. The third-order valence-electron chi connectivity index (χ3n) is 3.54. The number of morpholine rings is 1. The van der Waals surface area contributed by atoms with E-state index in [0.29, 0.717) is 5.56 Å². The average molecular weight is 327 g/mol. The molecule has 0 aliphatic carbocycles. The van der Waals surface area contributed by atoms with Gasteiger partial charge < -0.3 is 14.7 Å². The Labute approximate surface area is 128 Å². The average Bonchev–Trinajstić information content (AvgIpc) is 2.45. The Morgan fingerprint density at radius 2 is 2.05 bits per heavy atom. The van der Waals surface area contributed by atoms with E-state index in [-0.39, 0.29) is 30.2 Å². The third-order valence-corrected chi connectivity index (χ3v) is 4.65. The van der Waals surface area contributed by atoms with Gasteiger partial charge in [0.25, 0.3) is 5.91 Å². The van der Waals surface area contributed by atoms with E-state index in [1.54, 1.807) is 13.0 Å². The largest absolute Gasteiger partial charge is 0.480 e. The number of carbonyl (C=O) groups excluding carboxylic acids is 1. The summed E-state index contributed by atoms with van der Waals surface area (Å²) >= 11 is 0. The van der Waals surface area contributed by atoms with Crippen LogP contribution in [0.25, 0.3) is 0 Å². The Bertz CT molecular complexity index is 712. The lowest BCUT2D eigenvalue weighted by Gasteiger charge is -2.33. The van der Waals surface area contributed by atoms with E-state index >= 15 is 0 Å². The van der Waals surface area contributed by atoms with E-state index in [1.807, 2.05) is 0 Å². The van der Waals surface area contributed by atoms with Gasteiger partial charge in [0.2, 0.25) is 0 Å². The van der Waals surface area contributed by atoms with Crippen LogP contribution in [0.3, 0.4) is 0 Å². The lowest BCUT2D eigenvalue weighted by molar-refractivity contribution is -0.147. The van der Waals surface area contributed by atoms with E-state index < -0.39 is 27.8 Å². The molecule has 1 N–H and O–H groups in total. The zero-order chi connectivity index (χ0) is 16.5. The summed E-state index contributed by atoms with van der Waals surface area (Å²) in [6.45, 7) is 2.00. The van der Waals surface area contributed by atoms with Gasteiger partial charge in [-0.05, 0) is 24.6 Å². The van der Waals surface area contributed by atoms with Crippen LogP contribution < -0.4 is 0 Å². The van der Waals surface area contributed by atoms with Crippen LogP contribution in [0.15, 0.2) is 23.1 Å². The number of nitrogens with zero attached hydrogens (tertiary/aromatic N) is 1. The number of benzene rings is 1. The second-order valence-electron chi connectivity index (χ2n) is 5.18. The second-order valence-corrected chi connectivity index (χ2v) is 7.19. The molecule has 1 saturated heterocycles. The summed E-state index contributed by atoms with van der Waals surface area (Å²) < 4.78 is 28.4. The van der Waals surface area contributed by atoms with Crippen molar-refractivity contribution in [2.75, 3.05) is 26.0 Å². The number of aliphatic carboxylic acids is 1. The number of amides is 1. The molecule has 1 aromatic rings. The van der Waals surface area contributed by atoms with Crippen LogP contribution in [0.4, 0.5) is 0 Å². The third kappa shape index (κ3) is 3.28. The van der Waals surface area contributed by atoms with Crippen molar-refractivity contribution < 1.29 is 27.9 Å². The summed E-state index contributed by atoms with van der Waals surface area (Å²) in [7, 11) is -3.45. The number of carbonyl (C=O) groups is 2. The highest BCUT2D eigenvalue weighted by molar-refractivity contribution is 7.90. The first-order valence-corrected chi connectivity index (χ1v) is 8.53. The molecule has 8 heteroatoms. The molecule has 0 spiro atoms. The van der Waals surface area contributed by atoms with Crippen LogP contribution in [0.2, 0.25) is 0 Å². The van der Waals surface area contributed by atoms with Gasteiger partial charge in [0.15, 0.2) is 15.9 Å². The predicted octanol–water partition coefficient (Wildman–Crippen LogP) is 0.324. The van der Waals surface area contributed by atoms with Crippen molar-refractivity contribution in [2.24, 2.45) is 0 Å². The zero-order valence-electron chi connectivity index (χ0n) is 12.3. The van der Waals surface area contributed by atoms with E-state index in [9.17, 15) is 23.1 Å². The highest BCUT2D eigenvalue weighted by atomic mass is 32.2. The van der Waals surface area contributed by atoms with Crippen LogP contribution >= 0.6 is 0 Å². The molecule has 1 heterocycles. The van der Waals surface area contributed by atoms with Gasteiger partial charge in [0.1, 0.15) is 0 Å². The quantitative estimate of drug-likeness (QED) is 0.858. The smallest absolute Gasteiger partial charge is 0.328 e. The minimum atomic E-state index is -3.45. The number of carboxylic acids is 1. The van der Waals surface area contributed by atoms with Gasteiger partial charge in [-0.2, -0.15) is 0 Å². The maximum absolute atomic E-state index is 12.6. The van der Waals surface area contributed by atoms with Gasteiger partial charge in [0.05, 0.1) is 18.1 Å². The van der Waals surface area contributed by atoms with Crippen LogP contribution in [0.5, 0.6) is 0 Å². The molecule has 1 amide bonds. The van der Waals surface area contributed by atoms with Crippen molar-refractivity contribution in [3.05, 3.63) is 29.3 Å². The summed E-state index contributed by atoms with van der Waals surface area (Å²) in [5, 5.41) is 9.19. The Kier molecular flexibility index (Phi) is 4.52. The minimum Gasteiger partial charge on any atom is -0.480 e. The number of sulfone groups is 1. The summed E-state index contributed by atoms with van der Waals surface area (Å²) in [4.78, 5) is 25.1. The highest BCUT2D eigenvalue weighted by Crippen LogP contribution is 2.20. The van der Waals surface area contributed by atoms with Crippen molar-refractivity contribution in [2.45, 2.75) is 17.9 Å². The molecule has 0 radical (unpaired) electrons. The lowest BCUT2D eigenvalue weighted by Crippen LogP contribution is -2.52. The minimum absolute atomic E-state index is 0.0292. The number of rotatable bonds is 3.